The van der Waals surface area contributed by atoms with Crippen molar-refractivity contribution in [3.8, 4) is 11.3 Å². The van der Waals surface area contributed by atoms with Crippen LogP contribution < -0.4 is 4.72 Å². The zero-order chi connectivity index (χ0) is 24.9. The van der Waals surface area contributed by atoms with Gasteiger partial charge in [-0.15, -0.1) is 0 Å². The molecule has 5 rings (SSSR count). The molecule has 1 amide bonds. The summed E-state index contributed by atoms with van der Waals surface area (Å²) in [4.78, 5) is 17.3. The monoisotopic (exact) mass is 498 g/mol. The van der Waals surface area contributed by atoms with E-state index in [1.165, 1.54) is 20.5 Å². The number of carbonyl (C=O) groups is 1. The molecule has 9 nitrogen and oxygen atoms in total. The molecule has 2 aromatic heterocycles. The molecule has 0 bridgehead atoms. The van der Waals surface area contributed by atoms with E-state index in [9.17, 15) is 23.4 Å². The molecule has 2 atom stereocenters. The summed E-state index contributed by atoms with van der Waals surface area (Å²) in [5.74, 6) is -0.427. The van der Waals surface area contributed by atoms with Crippen molar-refractivity contribution in [1.29, 1.82) is 0 Å². The van der Waals surface area contributed by atoms with Crippen LogP contribution >= 0.6 is 0 Å². The van der Waals surface area contributed by atoms with Crippen LogP contribution in [-0.4, -0.2) is 58.6 Å². The molecule has 0 saturated heterocycles. The third-order valence-corrected chi connectivity index (χ3v) is 8.59. The maximum atomic E-state index is 12.8. The molecule has 0 unspecified atom stereocenters. The average molecular weight is 499 g/mol. The number of nitrogens with one attached hydrogen (secondary N) is 1. The molecule has 1 aromatic carbocycles. The molecule has 3 heterocycles. The molecule has 2 aliphatic rings. The van der Waals surface area contributed by atoms with Gasteiger partial charge in [-0.05, 0) is 48.6 Å². The lowest BCUT2D eigenvalue weighted by Gasteiger charge is -2.23. The summed E-state index contributed by atoms with van der Waals surface area (Å²) in [5.41, 5.74) is 4.18. The second-order valence-corrected chi connectivity index (χ2v) is 11.5. The van der Waals surface area contributed by atoms with Crippen LogP contribution in [0.2, 0.25) is 0 Å². The van der Waals surface area contributed by atoms with E-state index in [1.54, 1.807) is 18.3 Å². The van der Waals surface area contributed by atoms with Gasteiger partial charge in [0.25, 0.3) is 5.91 Å². The molecule has 186 valence electrons. The van der Waals surface area contributed by atoms with Gasteiger partial charge < -0.3 is 14.8 Å². The van der Waals surface area contributed by atoms with Crippen molar-refractivity contribution in [1.82, 2.24) is 18.6 Å². The molecule has 1 fully saturated rings. The Kier molecular flexibility index (Phi) is 6.16. The van der Waals surface area contributed by atoms with Crippen molar-refractivity contribution in [3.63, 3.8) is 0 Å². The lowest BCUT2D eigenvalue weighted by Crippen LogP contribution is -2.39. The summed E-state index contributed by atoms with van der Waals surface area (Å²) in [6, 6.07) is 8.92. The number of pyridine rings is 1. The predicted octanol–water partition coefficient (Wildman–Crippen LogP) is 2.70. The third-order valence-electron chi connectivity index (χ3n) is 7.19. The Morgan fingerprint density at radius 2 is 1.89 bits per heavy atom. The van der Waals surface area contributed by atoms with Gasteiger partial charge in [-0.25, -0.2) is 4.72 Å². The minimum Gasteiger partial charge on any atom is -0.388 e. The number of aromatic nitrogens is 2. The first-order valence-electron chi connectivity index (χ1n) is 11.9. The zero-order valence-corrected chi connectivity index (χ0v) is 20.6. The Labute approximate surface area is 204 Å². The first kappa shape index (κ1) is 23.9. The van der Waals surface area contributed by atoms with E-state index in [0.717, 1.165) is 57.7 Å². The summed E-state index contributed by atoms with van der Waals surface area (Å²) in [6.07, 6.45) is 4.91. The molecule has 0 spiro atoms. The molecule has 3 N–H and O–H groups in total. The quantitative estimate of drug-likeness (QED) is 0.508. The van der Waals surface area contributed by atoms with E-state index < -0.39 is 28.3 Å². The van der Waals surface area contributed by atoms with Gasteiger partial charge in [0.05, 0.1) is 17.9 Å². The normalized spacial score (nSPS) is 20.9. The minimum atomic E-state index is -3.94. The highest BCUT2D eigenvalue weighted by molar-refractivity contribution is 7.87. The third kappa shape index (κ3) is 4.14. The maximum Gasteiger partial charge on any atom is 0.303 e. The summed E-state index contributed by atoms with van der Waals surface area (Å²) in [5, 5.41) is 22.7. The predicted molar refractivity (Wildman–Crippen MR) is 132 cm³/mol. The molecular weight excluding hydrogens is 468 g/mol. The minimum absolute atomic E-state index is 0.122. The summed E-state index contributed by atoms with van der Waals surface area (Å²) < 4.78 is 29.4. The number of rotatable bonds is 4. The second-order valence-electron chi connectivity index (χ2n) is 9.61. The van der Waals surface area contributed by atoms with E-state index in [1.807, 2.05) is 22.8 Å². The number of aliphatic hydroxyl groups excluding tert-OH is 2. The fourth-order valence-corrected chi connectivity index (χ4v) is 5.93. The lowest BCUT2D eigenvalue weighted by molar-refractivity contribution is 0.00883. The standard InChI is InChI=1S/C25H30N4O5S/c1-28(2)35(33,34)27-25(32)16-10-11-17-19(13-16)29-14-20(30)24(31)22-18(9-6-12-26-22)23(29)21(17)15-7-4-3-5-8-15/h6,9-13,15,20,24,30-31H,3-5,7-8,14H2,1-2H3,(H,27,32)/t20-,24-/m1/s1. The van der Waals surface area contributed by atoms with Crippen LogP contribution in [0, 0.1) is 0 Å². The molecule has 10 heteroatoms. The van der Waals surface area contributed by atoms with Crippen molar-refractivity contribution < 1.29 is 23.4 Å². The van der Waals surface area contributed by atoms with Crippen molar-refractivity contribution in [3.05, 3.63) is 53.3 Å². The van der Waals surface area contributed by atoms with Gasteiger partial charge >= 0.3 is 10.2 Å². The van der Waals surface area contributed by atoms with Crippen LogP contribution in [0.5, 0.6) is 0 Å². The van der Waals surface area contributed by atoms with Crippen LogP contribution in [0.1, 0.15) is 65.7 Å². The summed E-state index contributed by atoms with van der Waals surface area (Å²) >= 11 is 0. The molecular formula is C25H30N4O5S. The fraction of sp³-hybridized carbons (Fsp3) is 0.440. The number of hydrogen-bond acceptors (Lipinski definition) is 6. The SMILES string of the molecule is CN(C)S(=O)(=O)NC(=O)c1ccc2c(C3CCCCC3)c3n(c2c1)C[C@@H](O)[C@@H](O)c1ncccc1-3. The summed E-state index contributed by atoms with van der Waals surface area (Å²) in [6.45, 7) is 0.122. The zero-order valence-electron chi connectivity index (χ0n) is 19.8. The highest BCUT2D eigenvalue weighted by Gasteiger charge is 2.34. The largest absolute Gasteiger partial charge is 0.388 e. The van der Waals surface area contributed by atoms with E-state index in [0.29, 0.717) is 11.6 Å². The van der Waals surface area contributed by atoms with Crippen molar-refractivity contribution in [2.75, 3.05) is 14.1 Å². The van der Waals surface area contributed by atoms with Crippen LogP contribution in [0.15, 0.2) is 36.5 Å². The number of benzene rings is 1. The van der Waals surface area contributed by atoms with Gasteiger partial charge in [-0.2, -0.15) is 12.7 Å². The van der Waals surface area contributed by atoms with Crippen molar-refractivity contribution in [2.24, 2.45) is 0 Å². The van der Waals surface area contributed by atoms with E-state index >= 15 is 0 Å². The highest BCUT2D eigenvalue weighted by Crippen LogP contribution is 2.47. The Morgan fingerprint density at radius 3 is 2.60 bits per heavy atom. The Balaban J connectivity index is 1.73. The van der Waals surface area contributed by atoms with Gasteiger partial charge in [0.1, 0.15) is 12.2 Å². The first-order valence-corrected chi connectivity index (χ1v) is 13.3. The molecule has 1 aliphatic carbocycles. The number of hydrogen-bond donors (Lipinski definition) is 3. The highest BCUT2D eigenvalue weighted by atomic mass is 32.2. The fourth-order valence-electron chi connectivity index (χ4n) is 5.39. The van der Waals surface area contributed by atoms with Gasteiger partial charge in [-0.3, -0.25) is 9.78 Å². The number of nitrogens with zero attached hydrogens (tertiary/aromatic N) is 3. The van der Waals surface area contributed by atoms with Crippen LogP contribution in [-0.2, 0) is 16.8 Å². The average Bonchev–Trinajstić information content (AvgIpc) is 3.11. The number of fused-ring (bicyclic) bond motifs is 5. The van der Waals surface area contributed by atoms with Gasteiger partial charge in [0.15, 0.2) is 0 Å². The first-order chi connectivity index (χ1) is 16.7. The smallest absolute Gasteiger partial charge is 0.303 e. The van der Waals surface area contributed by atoms with Gasteiger partial charge in [0, 0.05) is 42.3 Å². The Hall–Kier alpha value is -2.79. The van der Waals surface area contributed by atoms with E-state index in [4.69, 9.17) is 0 Å². The van der Waals surface area contributed by atoms with Crippen LogP contribution in [0.4, 0.5) is 0 Å². The molecule has 35 heavy (non-hydrogen) atoms. The Bertz CT molecular complexity index is 1390. The van der Waals surface area contributed by atoms with E-state index in [-0.39, 0.29) is 12.1 Å². The van der Waals surface area contributed by atoms with E-state index in [2.05, 4.69) is 9.71 Å². The Morgan fingerprint density at radius 1 is 1.14 bits per heavy atom. The second kappa shape index (κ2) is 9.02. The number of carbonyl (C=O) groups excluding carboxylic acids is 1. The molecule has 0 radical (unpaired) electrons. The number of aliphatic hydroxyl groups is 2. The van der Waals surface area contributed by atoms with Crippen molar-refractivity contribution in [2.45, 2.75) is 56.8 Å². The van der Waals surface area contributed by atoms with Crippen LogP contribution in [0.3, 0.4) is 0 Å². The van der Waals surface area contributed by atoms with Gasteiger partial charge in [0.2, 0.25) is 0 Å². The molecule has 1 saturated carbocycles. The molecule has 1 aliphatic heterocycles. The van der Waals surface area contributed by atoms with Gasteiger partial charge in [-0.1, -0.05) is 25.3 Å². The maximum absolute atomic E-state index is 12.8. The topological polar surface area (TPSA) is 125 Å². The summed E-state index contributed by atoms with van der Waals surface area (Å²) in [7, 11) is -1.25. The van der Waals surface area contributed by atoms with Crippen LogP contribution in [0.25, 0.3) is 22.2 Å². The molecule has 3 aromatic rings. The van der Waals surface area contributed by atoms with Crippen molar-refractivity contribution >= 4 is 27.0 Å². The lowest BCUT2D eigenvalue weighted by atomic mass is 9.81. The number of amides is 1.